The molecule has 222 valence electrons. The third kappa shape index (κ3) is 5.03. The fraction of sp³-hybridized carbons (Fsp3) is 0. The number of fused-ring (bicyclic) bond motifs is 2. The lowest BCUT2D eigenvalue weighted by atomic mass is 9.94. The lowest BCUT2D eigenvalue weighted by Crippen LogP contribution is -1.85. The van der Waals surface area contributed by atoms with Crippen molar-refractivity contribution in [3.05, 3.63) is 158 Å². The van der Waals surface area contributed by atoms with E-state index in [1.807, 2.05) is 36.4 Å². The fourth-order valence-electron chi connectivity index (χ4n) is 6.15. The second-order valence-electron chi connectivity index (χ2n) is 11.4. The zero-order chi connectivity index (χ0) is 31.2. The SMILES string of the molecule is c1ccc(-c2cc3nc(-c4ccc(-c5nc6cc(-c7ccccc7)c(-c7ccccc7)cc6o5)s4)oc3cc2-c2ccccc2)cc1. The molecule has 0 aliphatic carbocycles. The maximum Gasteiger partial charge on any atom is 0.237 e. The standard InChI is InChI=1S/C42H26N2O2S/c1-5-13-27(14-6-1)31-23-35-37(25-33(31)29-17-9-3-10-18-29)45-41(43-35)39-21-22-40(47-39)42-44-36-24-32(28-15-7-2-8-16-28)34(26-38(36)46-42)30-19-11-4-12-20-30/h1-26H. The van der Waals surface area contributed by atoms with Crippen molar-refractivity contribution < 1.29 is 8.83 Å². The number of aromatic nitrogens is 2. The summed E-state index contributed by atoms with van der Waals surface area (Å²) >= 11 is 1.56. The van der Waals surface area contributed by atoms with Gasteiger partial charge >= 0.3 is 0 Å². The number of benzene rings is 6. The lowest BCUT2D eigenvalue weighted by Gasteiger charge is -2.10. The Labute approximate surface area is 275 Å². The van der Waals surface area contributed by atoms with E-state index < -0.39 is 0 Å². The number of hydrogen-bond acceptors (Lipinski definition) is 5. The Hall–Kier alpha value is -6.04. The monoisotopic (exact) mass is 622 g/mol. The molecule has 0 unspecified atom stereocenters. The van der Waals surface area contributed by atoms with Crippen molar-refractivity contribution in [3.63, 3.8) is 0 Å². The van der Waals surface area contributed by atoms with Gasteiger partial charge in [0.15, 0.2) is 11.2 Å². The van der Waals surface area contributed by atoms with Gasteiger partial charge in [0.1, 0.15) is 11.0 Å². The van der Waals surface area contributed by atoms with E-state index in [9.17, 15) is 0 Å². The van der Waals surface area contributed by atoms with Crippen molar-refractivity contribution in [3.8, 4) is 66.0 Å². The van der Waals surface area contributed by atoms with Crippen molar-refractivity contribution >= 4 is 33.5 Å². The zero-order valence-corrected chi connectivity index (χ0v) is 25.9. The van der Waals surface area contributed by atoms with Crippen molar-refractivity contribution in [2.75, 3.05) is 0 Å². The van der Waals surface area contributed by atoms with Gasteiger partial charge in [0, 0.05) is 0 Å². The molecule has 0 N–H and O–H groups in total. The summed E-state index contributed by atoms with van der Waals surface area (Å²) in [6, 6.07) is 54.2. The van der Waals surface area contributed by atoms with Gasteiger partial charge in [-0.05, 0) is 80.9 Å². The largest absolute Gasteiger partial charge is 0.435 e. The van der Waals surface area contributed by atoms with Crippen LogP contribution in [0, 0.1) is 0 Å². The van der Waals surface area contributed by atoms with E-state index in [1.165, 1.54) is 0 Å². The molecule has 4 nitrogen and oxygen atoms in total. The molecule has 0 aliphatic heterocycles. The van der Waals surface area contributed by atoms with Gasteiger partial charge in [0.25, 0.3) is 0 Å². The van der Waals surface area contributed by atoms with Crippen LogP contribution in [-0.2, 0) is 0 Å². The first-order chi connectivity index (χ1) is 23.3. The molecule has 0 amide bonds. The normalized spacial score (nSPS) is 11.4. The number of hydrogen-bond donors (Lipinski definition) is 0. The summed E-state index contributed by atoms with van der Waals surface area (Å²) in [7, 11) is 0. The minimum Gasteiger partial charge on any atom is -0.435 e. The van der Waals surface area contributed by atoms with Gasteiger partial charge in [-0.3, -0.25) is 0 Å². The molecule has 3 heterocycles. The van der Waals surface area contributed by atoms with Crippen LogP contribution in [0.25, 0.3) is 88.2 Å². The van der Waals surface area contributed by atoms with Crippen LogP contribution in [-0.4, -0.2) is 9.97 Å². The molecule has 0 radical (unpaired) electrons. The molecule has 0 saturated heterocycles. The van der Waals surface area contributed by atoms with E-state index in [-0.39, 0.29) is 0 Å². The van der Waals surface area contributed by atoms with E-state index in [0.717, 1.165) is 76.5 Å². The van der Waals surface area contributed by atoms with Crippen molar-refractivity contribution in [2.45, 2.75) is 0 Å². The van der Waals surface area contributed by atoms with Crippen LogP contribution >= 0.6 is 11.3 Å². The van der Waals surface area contributed by atoms with E-state index >= 15 is 0 Å². The highest BCUT2D eigenvalue weighted by molar-refractivity contribution is 7.18. The van der Waals surface area contributed by atoms with Gasteiger partial charge in [-0.2, -0.15) is 0 Å². The van der Waals surface area contributed by atoms with Crippen LogP contribution in [0.4, 0.5) is 0 Å². The second-order valence-corrected chi connectivity index (χ2v) is 12.5. The number of oxazole rings is 2. The molecule has 5 heteroatoms. The molecule has 0 aliphatic rings. The van der Waals surface area contributed by atoms with Crippen molar-refractivity contribution in [2.24, 2.45) is 0 Å². The Kier molecular flexibility index (Phi) is 6.61. The Morgan fingerprint density at radius 3 is 1.02 bits per heavy atom. The first-order valence-electron chi connectivity index (χ1n) is 15.5. The Morgan fingerprint density at radius 1 is 0.362 bits per heavy atom. The summed E-state index contributed by atoms with van der Waals surface area (Å²) in [5, 5.41) is 0. The molecule has 6 aromatic carbocycles. The summed E-state index contributed by atoms with van der Waals surface area (Å²) in [5.74, 6) is 1.16. The fourth-order valence-corrected chi connectivity index (χ4v) is 7.01. The summed E-state index contributed by atoms with van der Waals surface area (Å²) in [6.07, 6.45) is 0. The average Bonchev–Trinajstić information content (AvgIpc) is 3.90. The maximum absolute atomic E-state index is 6.39. The van der Waals surface area contributed by atoms with Crippen molar-refractivity contribution in [1.29, 1.82) is 0 Å². The first-order valence-corrected chi connectivity index (χ1v) is 16.3. The van der Waals surface area contributed by atoms with Crippen LogP contribution in [0.5, 0.6) is 0 Å². The highest BCUT2D eigenvalue weighted by Gasteiger charge is 2.19. The summed E-state index contributed by atoms with van der Waals surface area (Å²) in [5.41, 5.74) is 12.1. The molecule has 0 saturated carbocycles. The number of thiophene rings is 1. The first kappa shape index (κ1) is 27.3. The zero-order valence-electron chi connectivity index (χ0n) is 25.1. The van der Waals surface area contributed by atoms with E-state index in [1.54, 1.807) is 11.3 Å². The average molecular weight is 623 g/mol. The molecule has 0 spiro atoms. The second kappa shape index (κ2) is 11.4. The maximum atomic E-state index is 6.39. The van der Waals surface area contributed by atoms with E-state index in [0.29, 0.717) is 11.8 Å². The van der Waals surface area contributed by atoms with Gasteiger partial charge in [-0.25, -0.2) is 9.97 Å². The van der Waals surface area contributed by atoms with Crippen LogP contribution in [0.2, 0.25) is 0 Å². The molecule has 47 heavy (non-hydrogen) atoms. The predicted octanol–water partition coefficient (Wildman–Crippen LogP) is 12.0. The molecule has 0 fully saturated rings. The third-order valence-electron chi connectivity index (χ3n) is 8.42. The topological polar surface area (TPSA) is 52.1 Å². The Balaban J connectivity index is 1.11. The molecule has 3 aromatic heterocycles. The summed E-state index contributed by atoms with van der Waals surface area (Å²) in [6.45, 7) is 0. The summed E-state index contributed by atoms with van der Waals surface area (Å²) in [4.78, 5) is 11.7. The minimum atomic E-state index is 0.578. The molecule has 9 aromatic rings. The molecule has 9 rings (SSSR count). The van der Waals surface area contributed by atoms with Crippen LogP contribution in [0.3, 0.4) is 0 Å². The molecule has 0 atom stereocenters. The molecular weight excluding hydrogens is 597 g/mol. The lowest BCUT2D eigenvalue weighted by molar-refractivity contribution is 0.621. The minimum absolute atomic E-state index is 0.578. The van der Waals surface area contributed by atoms with Gasteiger partial charge in [0.2, 0.25) is 11.8 Å². The predicted molar refractivity (Wildman–Crippen MR) is 192 cm³/mol. The van der Waals surface area contributed by atoms with Gasteiger partial charge in [-0.1, -0.05) is 121 Å². The van der Waals surface area contributed by atoms with E-state index in [2.05, 4.69) is 121 Å². The van der Waals surface area contributed by atoms with Gasteiger partial charge in [-0.15, -0.1) is 11.3 Å². The third-order valence-corrected chi connectivity index (χ3v) is 9.48. The molecular formula is C42H26N2O2S. The highest BCUT2D eigenvalue weighted by atomic mass is 32.1. The molecule has 0 bridgehead atoms. The Morgan fingerprint density at radius 2 is 0.681 bits per heavy atom. The van der Waals surface area contributed by atoms with Crippen LogP contribution < -0.4 is 0 Å². The number of nitrogens with zero attached hydrogens (tertiary/aromatic N) is 2. The van der Waals surface area contributed by atoms with Crippen LogP contribution in [0.1, 0.15) is 0 Å². The highest BCUT2D eigenvalue weighted by Crippen LogP contribution is 2.41. The Bertz CT molecular complexity index is 2170. The number of rotatable bonds is 6. The van der Waals surface area contributed by atoms with Crippen LogP contribution in [0.15, 0.2) is 167 Å². The van der Waals surface area contributed by atoms with Crippen molar-refractivity contribution in [1.82, 2.24) is 9.97 Å². The smallest absolute Gasteiger partial charge is 0.237 e. The van der Waals surface area contributed by atoms with Gasteiger partial charge in [0.05, 0.1) is 9.75 Å². The summed E-state index contributed by atoms with van der Waals surface area (Å²) < 4.78 is 12.8. The quantitative estimate of drug-likeness (QED) is 0.185. The van der Waals surface area contributed by atoms with E-state index in [4.69, 9.17) is 18.8 Å². The van der Waals surface area contributed by atoms with Gasteiger partial charge < -0.3 is 8.83 Å².